The number of hydrogen-bond donors (Lipinski definition) is 5. The largest absolute Gasteiger partial charge is 0.480 e. The Bertz CT molecular complexity index is 738. The number of amides is 3. The van der Waals surface area contributed by atoms with E-state index in [2.05, 4.69) is 16.0 Å². The smallest absolute Gasteiger partial charge is 0.325 e. The molecule has 9 heteroatoms. The lowest BCUT2D eigenvalue weighted by Crippen LogP contribution is -2.56. The van der Waals surface area contributed by atoms with E-state index >= 15 is 0 Å². The molecular weight excluding hydrogens is 388 g/mol. The zero-order valence-electron chi connectivity index (χ0n) is 17.8. The van der Waals surface area contributed by atoms with E-state index in [9.17, 15) is 19.2 Å². The molecule has 4 atom stereocenters. The van der Waals surface area contributed by atoms with Crippen LogP contribution in [0.2, 0.25) is 0 Å². The Morgan fingerprint density at radius 2 is 1.43 bits per heavy atom. The summed E-state index contributed by atoms with van der Waals surface area (Å²) in [5, 5.41) is 16.4. The Balaban J connectivity index is 2.72. The number of carbonyl (C=O) groups is 4. The van der Waals surface area contributed by atoms with Gasteiger partial charge < -0.3 is 26.8 Å². The van der Waals surface area contributed by atoms with E-state index in [1.165, 1.54) is 13.8 Å². The maximum absolute atomic E-state index is 12.7. The van der Waals surface area contributed by atoms with Gasteiger partial charge in [0.25, 0.3) is 0 Å². The molecule has 0 aliphatic carbocycles. The minimum atomic E-state index is -1.18. The van der Waals surface area contributed by atoms with Crippen molar-refractivity contribution in [1.82, 2.24) is 16.0 Å². The van der Waals surface area contributed by atoms with Crippen LogP contribution < -0.4 is 21.7 Å². The highest BCUT2D eigenvalue weighted by Crippen LogP contribution is 2.07. The Labute approximate surface area is 176 Å². The van der Waals surface area contributed by atoms with E-state index in [0.717, 1.165) is 5.56 Å². The molecule has 1 aromatic rings. The summed E-state index contributed by atoms with van der Waals surface area (Å²) in [7, 11) is 0. The molecule has 0 heterocycles. The van der Waals surface area contributed by atoms with Crippen LogP contribution in [-0.4, -0.2) is 53.0 Å². The first-order valence-corrected chi connectivity index (χ1v) is 9.94. The maximum Gasteiger partial charge on any atom is 0.325 e. The summed E-state index contributed by atoms with van der Waals surface area (Å²) in [4.78, 5) is 48.1. The number of nitrogens with one attached hydrogen (secondary N) is 3. The van der Waals surface area contributed by atoms with Gasteiger partial charge >= 0.3 is 5.97 Å². The molecule has 0 saturated heterocycles. The second kappa shape index (κ2) is 11.9. The van der Waals surface area contributed by atoms with Crippen molar-refractivity contribution < 1.29 is 24.3 Å². The molecule has 0 aromatic heterocycles. The summed E-state index contributed by atoms with van der Waals surface area (Å²) in [6.07, 6.45) is 0.685. The number of carboxylic acids is 1. The number of benzene rings is 1. The Kier molecular flexibility index (Phi) is 9.97. The van der Waals surface area contributed by atoms with E-state index in [0.29, 0.717) is 12.8 Å². The molecule has 0 radical (unpaired) electrons. The molecule has 0 bridgehead atoms. The highest BCUT2D eigenvalue weighted by molar-refractivity contribution is 5.93. The second-order valence-corrected chi connectivity index (χ2v) is 7.79. The standard InChI is InChI=1S/C21H32N4O5/c1-12(2)10-17(20(28)23-13(3)18(26)24-14(4)21(29)30)25-19(27)16(22)11-15-8-6-5-7-9-15/h5-9,12-14,16-17H,10-11,22H2,1-4H3,(H,23,28)(H,24,26)(H,25,27)(H,29,30). The van der Waals surface area contributed by atoms with Crippen LogP contribution in [0.5, 0.6) is 0 Å². The van der Waals surface area contributed by atoms with Crippen LogP contribution in [0.4, 0.5) is 0 Å². The highest BCUT2D eigenvalue weighted by Gasteiger charge is 2.28. The van der Waals surface area contributed by atoms with Crippen molar-refractivity contribution in [3.05, 3.63) is 35.9 Å². The first kappa shape index (κ1) is 25.1. The maximum atomic E-state index is 12.7. The van der Waals surface area contributed by atoms with Crippen molar-refractivity contribution in [3.8, 4) is 0 Å². The number of hydrogen-bond acceptors (Lipinski definition) is 5. The average Bonchev–Trinajstić information content (AvgIpc) is 2.67. The van der Waals surface area contributed by atoms with E-state index in [-0.39, 0.29) is 5.92 Å². The van der Waals surface area contributed by atoms with E-state index in [1.807, 2.05) is 44.2 Å². The molecular formula is C21H32N4O5. The Morgan fingerprint density at radius 1 is 0.867 bits per heavy atom. The van der Waals surface area contributed by atoms with Gasteiger partial charge in [-0.15, -0.1) is 0 Å². The Morgan fingerprint density at radius 3 is 1.97 bits per heavy atom. The Hall–Kier alpha value is -2.94. The zero-order chi connectivity index (χ0) is 22.8. The molecule has 0 saturated carbocycles. The van der Waals surface area contributed by atoms with E-state index in [4.69, 9.17) is 10.8 Å². The molecule has 0 spiro atoms. The van der Waals surface area contributed by atoms with Gasteiger partial charge in [-0.25, -0.2) is 0 Å². The summed E-state index contributed by atoms with van der Waals surface area (Å²) in [6, 6.07) is 5.56. The number of aliphatic carboxylic acids is 1. The minimum absolute atomic E-state index is 0.0996. The molecule has 166 valence electrons. The van der Waals surface area contributed by atoms with Gasteiger partial charge in [-0.05, 0) is 38.2 Å². The molecule has 1 aromatic carbocycles. The number of rotatable bonds is 11. The molecule has 0 aliphatic heterocycles. The van der Waals surface area contributed by atoms with Crippen LogP contribution >= 0.6 is 0 Å². The van der Waals surface area contributed by atoms with E-state index in [1.54, 1.807) is 0 Å². The average molecular weight is 421 g/mol. The zero-order valence-corrected chi connectivity index (χ0v) is 17.8. The van der Waals surface area contributed by atoms with Crippen LogP contribution in [0.1, 0.15) is 39.7 Å². The third-order valence-corrected chi connectivity index (χ3v) is 4.46. The number of carbonyl (C=O) groups excluding carboxylic acids is 3. The predicted octanol–water partition coefficient (Wildman–Crippen LogP) is 0.181. The molecule has 0 aliphatic rings. The van der Waals surface area contributed by atoms with Crippen molar-refractivity contribution in [2.45, 2.75) is 64.7 Å². The first-order valence-electron chi connectivity index (χ1n) is 9.94. The summed E-state index contributed by atoms with van der Waals surface area (Å²) in [6.45, 7) is 6.57. The monoisotopic (exact) mass is 420 g/mol. The van der Waals surface area contributed by atoms with Crippen molar-refractivity contribution in [3.63, 3.8) is 0 Å². The SMILES string of the molecule is CC(C)CC(NC(=O)C(N)Cc1ccccc1)C(=O)NC(C)C(=O)NC(C)C(=O)O. The fourth-order valence-electron chi connectivity index (χ4n) is 2.72. The fourth-order valence-corrected chi connectivity index (χ4v) is 2.72. The van der Waals surface area contributed by atoms with Gasteiger partial charge in [0.15, 0.2) is 0 Å². The van der Waals surface area contributed by atoms with Crippen LogP contribution in [0.3, 0.4) is 0 Å². The number of carboxylic acid groups (broad SMARTS) is 1. The third kappa shape index (κ3) is 8.60. The summed E-state index contributed by atoms with van der Waals surface area (Å²) < 4.78 is 0. The van der Waals surface area contributed by atoms with Crippen molar-refractivity contribution in [2.75, 3.05) is 0 Å². The molecule has 4 unspecified atom stereocenters. The molecule has 0 fully saturated rings. The van der Waals surface area contributed by atoms with Gasteiger partial charge in [0.05, 0.1) is 6.04 Å². The topological polar surface area (TPSA) is 151 Å². The molecule has 6 N–H and O–H groups in total. The van der Waals surface area contributed by atoms with Crippen molar-refractivity contribution >= 4 is 23.7 Å². The van der Waals surface area contributed by atoms with E-state index < -0.39 is 47.9 Å². The van der Waals surface area contributed by atoms with Gasteiger partial charge in [0, 0.05) is 0 Å². The second-order valence-electron chi connectivity index (χ2n) is 7.79. The third-order valence-electron chi connectivity index (χ3n) is 4.46. The van der Waals surface area contributed by atoms with Gasteiger partial charge in [0.1, 0.15) is 18.1 Å². The van der Waals surface area contributed by atoms with Crippen LogP contribution in [0.25, 0.3) is 0 Å². The highest BCUT2D eigenvalue weighted by atomic mass is 16.4. The van der Waals surface area contributed by atoms with Gasteiger partial charge in [-0.2, -0.15) is 0 Å². The number of nitrogens with two attached hydrogens (primary N) is 1. The lowest BCUT2D eigenvalue weighted by atomic mass is 10.0. The summed E-state index contributed by atoms with van der Waals surface area (Å²) in [5.74, 6) is -2.71. The van der Waals surface area contributed by atoms with Crippen molar-refractivity contribution in [1.29, 1.82) is 0 Å². The van der Waals surface area contributed by atoms with Crippen LogP contribution in [-0.2, 0) is 25.6 Å². The predicted molar refractivity (Wildman–Crippen MR) is 112 cm³/mol. The van der Waals surface area contributed by atoms with Crippen LogP contribution in [0.15, 0.2) is 30.3 Å². The minimum Gasteiger partial charge on any atom is -0.480 e. The summed E-state index contributed by atoms with van der Waals surface area (Å²) in [5.41, 5.74) is 6.90. The van der Waals surface area contributed by atoms with Gasteiger partial charge in [-0.1, -0.05) is 44.2 Å². The first-order chi connectivity index (χ1) is 14.0. The lowest BCUT2D eigenvalue weighted by molar-refractivity contribution is -0.141. The normalized spacial score (nSPS) is 14.9. The van der Waals surface area contributed by atoms with Gasteiger partial charge in [0.2, 0.25) is 17.7 Å². The molecule has 1 rings (SSSR count). The summed E-state index contributed by atoms with van der Waals surface area (Å²) >= 11 is 0. The molecule has 30 heavy (non-hydrogen) atoms. The quantitative estimate of drug-likeness (QED) is 0.345. The molecule has 3 amide bonds. The molecule has 9 nitrogen and oxygen atoms in total. The van der Waals surface area contributed by atoms with Crippen LogP contribution in [0, 0.1) is 5.92 Å². The fraction of sp³-hybridized carbons (Fsp3) is 0.524. The van der Waals surface area contributed by atoms with Gasteiger partial charge in [-0.3, -0.25) is 19.2 Å². The lowest BCUT2D eigenvalue weighted by Gasteiger charge is -2.24. The van der Waals surface area contributed by atoms with Crippen molar-refractivity contribution in [2.24, 2.45) is 11.7 Å².